The number of hydrogen-bond donors (Lipinski definition) is 1. The number of hydrogen-bond acceptors (Lipinski definition) is 4. The summed E-state index contributed by atoms with van der Waals surface area (Å²) in [6, 6.07) is 8.43. The first-order valence-electron chi connectivity index (χ1n) is 9.49. The smallest absolute Gasteiger partial charge is 0.412 e. The number of nitrogens with zero attached hydrogens (tertiary/aromatic N) is 2. The highest BCUT2D eigenvalue weighted by Gasteiger charge is 2.37. The van der Waals surface area contributed by atoms with Crippen LogP contribution in [0.2, 0.25) is 0 Å². The van der Waals surface area contributed by atoms with Gasteiger partial charge in [-0.2, -0.15) is 0 Å². The van der Waals surface area contributed by atoms with Crippen LogP contribution in [0.25, 0.3) is 0 Å². The summed E-state index contributed by atoms with van der Waals surface area (Å²) in [5.41, 5.74) is 3.48. The van der Waals surface area contributed by atoms with Crippen LogP contribution >= 0.6 is 0 Å². The zero-order valence-electron chi connectivity index (χ0n) is 17.4. The Hall–Kier alpha value is -3.22. The zero-order valence-corrected chi connectivity index (χ0v) is 17.4. The van der Waals surface area contributed by atoms with Gasteiger partial charge in [0.1, 0.15) is 11.5 Å². The van der Waals surface area contributed by atoms with Crippen molar-refractivity contribution in [3.05, 3.63) is 47.0 Å². The number of rotatable bonds is 4. The molecule has 1 unspecified atom stereocenters. The van der Waals surface area contributed by atoms with Gasteiger partial charge >= 0.3 is 6.09 Å². The Morgan fingerprint density at radius 3 is 2.28 bits per heavy atom. The van der Waals surface area contributed by atoms with Crippen molar-refractivity contribution in [2.24, 2.45) is 0 Å². The van der Waals surface area contributed by atoms with Crippen LogP contribution in [0.4, 0.5) is 16.2 Å². The van der Waals surface area contributed by atoms with Crippen LogP contribution in [0.1, 0.15) is 34.8 Å². The standard InChI is InChI=1S/C22H26N2O5/c1-6-15-12-23(21(25)17-8-7-16(28-4)11-20(17)29-5)18-9-13(2)14(3)10-19(18)24(15)22(26)27/h7-11,15H,6,12H2,1-5H3,(H,26,27). The lowest BCUT2D eigenvalue weighted by Gasteiger charge is -2.41. The lowest BCUT2D eigenvalue weighted by atomic mass is 9.99. The third kappa shape index (κ3) is 3.60. The van der Waals surface area contributed by atoms with E-state index in [-0.39, 0.29) is 18.5 Å². The lowest BCUT2D eigenvalue weighted by molar-refractivity contribution is 0.0979. The molecule has 0 spiro atoms. The number of anilines is 2. The summed E-state index contributed by atoms with van der Waals surface area (Å²) in [6.07, 6.45) is -0.433. The molecule has 154 valence electrons. The molecule has 29 heavy (non-hydrogen) atoms. The molecule has 0 radical (unpaired) electrons. The average Bonchev–Trinajstić information content (AvgIpc) is 2.72. The Balaban J connectivity index is 2.15. The number of carbonyl (C=O) groups excluding carboxylic acids is 1. The molecule has 1 aliphatic rings. The maximum absolute atomic E-state index is 13.5. The van der Waals surface area contributed by atoms with Crippen molar-refractivity contribution < 1.29 is 24.2 Å². The molecule has 0 saturated heterocycles. The van der Waals surface area contributed by atoms with E-state index in [1.54, 1.807) is 30.2 Å². The fraction of sp³-hybridized carbons (Fsp3) is 0.364. The zero-order chi connectivity index (χ0) is 21.3. The predicted octanol–water partition coefficient (Wildman–Crippen LogP) is 4.24. The highest BCUT2D eigenvalue weighted by atomic mass is 16.5. The van der Waals surface area contributed by atoms with E-state index < -0.39 is 6.09 Å². The van der Waals surface area contributed by atoms with Gasteiger partial charge in [-0.15, -0.1) is 0 Å². The summed E-state index contributed by atoms with van der Waals surface area (Å²) in [5.74, 6) is 0.762. The van der Waals surface area contributed by atoms with Crippen molar-refractivity contribution >= 4 is 23.4 Å². The van der Waals surface area contributed by atoms with Crippen LogP contribution in [0, 0.1) is 13.8 Å². The molecule has 2 aromatic carbocycles. The Morgan fingerprint density at radius 1 is 1.07 bits per heavy atom. The average molecular weight is 398 g/mol. The van der Waals surface area contributed by atoms with Gasteiger partial charge in [-0.3, -0.25) is 9.69 Å². The molecule has 1 heterocycles. The minimum Gasteiger partial charge on any atom is -0.497 e. The Kier molecular flexibility index (Phi) is 5.68. The van der Waals surface area contributed by atoms with E-state index >= 15 is 0 Å². The number of carbonyl (C=O) groups is 2. The SMILES string of the molecule is CCC1CN(C(=O)c2ccc(OC)cc2OC)c2cc(C)c(C)cc2N1C(=O)O. The Labute approximate surface area is 170 Å². The maximum Gasteiger partial charge on any atom is 0.412 e. The molecule has 1 aliphatic heterocycles. The second-order valence-corrected chi connectivity index (χ2v) is 7.12. The summed E-state index contributed by atoms with van der Waals surface area (Å²) in [5, 5.41) is 9.82. The van der Waals surface area contributed by atoms with Gasteiger partial charge < -0.3 is 19.5 Å². The molecule has 1 N–H and O–H groups in total. The van der Waals surface area contributed by atoms with Gasteiger partial charge in [0.15, 0.2) is 0 Å². The second-order valence-electron chi connectivity index (χ2n) is 7.12. The molecule has 0 aliphatic carbocycles. The highest BCUT2D eigenvalue weighted by molar-refractivity contribution is 6.11. The van der Waals surface area contributed by atoms with E-state index in [2.05, 4.69) is 0 Å². The van der Waals surface area contributed by atoms with Crippen LogP contribution in [-0.4, -0.2) is 43.9 Å². The minimum atomic E-state index is -1.02. The molecule has 7 heteroatoms. The molecule has 1 atom stereocenters. The highest BCUT2D eigenvalue weighted by Crippen LogP contribution is 2.40. The first-order chi connectivity index (χ1) is 13.8. The summed E-state index contributed by atoms with van der Waals surface area (Å²) < 4.78 is 10.6. The summed E-state index contributed by atoms with van der Waals surface area (Å²) >= 11 is 0. The fourth-order valence-electron chi connectivity index (χ4n) is 3.67. The topological polar surface area (TPSA) is 79.3 Å². The molecule has 2 amide bonds. The molecule has 0 saturated carbocycles. The maximum atomic E-state index is 13.5. The van der Waals surface area contributed by atoms with Crippen molar-refractivity contribution in [1.82, 2.24) is 0 Å². The van der Waals surface area contributed by atoms with Crippen molar-refractivity contribution in [3.8, 4) is 11.5 Å². The Morgan fingerprint density at radius 2 is 1.72 bits per heavy atom. The van der Waals surface area contributed by atoms with Crippen LogP contribution in [-0.2, 0) is 0 Å². The van der Waals surface area contributed by atoms with Gasteiger partial charge in [0, 0.05) is 12.6 Å². The third-order valence-corrected chi connectivity index (χ3v) is 5.46. The van der Waals surface area contributed by atoms with E-state index in [0.29, 0.717) is 34.9 Å². The third-order valence-electron chi connectivity index (χ3n) is 5.46. The molecular formula is C22H26N2O5. The summed E-state index contributed by atoms with van der Waals surface area (Å²) in [7, 11) is 3.05. The van der Waals surface area contributed by atoms with E-state index in [1.807, 2.05) is 32.9 Å². The van der Waals surface area contributed by atoms with Gasteiger partial charge in [-0.1, -0.05) is 6.92 Å². The van der Waals surface area contributed by atoms with Crippen molar-refractivity contribution in [2.45, 2.75) is 33.2 Å². The monoisotopic (exact) mass is 398 g/mol. The molecule has 7 nitrogen and oxygen atoms in total. The van der Waals surface area contributed by atoms with Crippen molar-refractivity contribution in [2.75, 3.05) is 30.6 Å². The number of benzene rings is 2. The predicted molar refractivity (Wildman–Crippen MR) is 112 cm³/mol. The van der Waals surface area contributed by atoms with E-state index in [4.69, 9.17) is 9.47 Å². The molecule has 2 aromatic rings. The minimum absolute atomic E-state index is 0.238. The van der Waals surface area contributed by atoms with Gasteiger partial charge in [0.05, 0.1) is 37.2 Å². The van der Waals surface area contributed by atoms with Gasteiger partial charge in [-0.25, -0.2) is 4.79 Å². The number of methoxy groups -OCH3 is 2. The quantitative estimate of drug-likeness (QED) is 0.833. The van der Waals surface area contributed by atoms with Crippen molar-refractivity contribution in [1.29, 1.82) is 0 Å². The van der Waals surface area contributed by atoms with E-state index in [1.165, 1.54) is 12.0 Å². The first-order valence-corrected chi connectivity index (χ1v) is 9.49. The normalized spacial score (nSPS) is 15.7. The summed E-state index contributed by atoms with van der Waals surface area (Å²) in [4.78, 5) is 28.5. The molecule has 0 fully saturated rings. The van der Waals surface area contributed by atoms with Crippen LogP contribution in [0.15, 0.2) is 30.3 Å². The van der Waals surface area contributed by atoms with Gasteiger partial charge in [0.25, 0.3) is 5.91 Å². The molecule has 3 rings (SSSR count). The number of carboxylic acid groups (broad SMARTS) is 1. The van der Waals surface area contributed by atoms with Crippen LogP contribution < -0.4 is 19.3 Å². The number of aryl methyl sites for hydroxylation is 2. The fourth-order valence-corrected chi connectivity index (χ4v) is 3.67. The largest absolute Gasteiger partial charge is 0.497 e. The molecule has 0 aromatic heterocycles. The Bertz CT molecular complexity index is 956. The second kappa shape index (κ2) is 8.03. The van der Waals surface area contributed by atoms with E-state index in [9.17, 15) is 14.7 Å². The first kappa shape index (κ1) is 20.5. The lowest BCUT2D eigenvalue weighted by Crippen LogP contribution is -2.52. The molecular weight excluding hydrogens is 372 g/mol. The number of ether oxygens (including phenoxy) is 2. The van der Waals surface area contributed by atoms with Crippen LogP contribution in [0.3, 0.4) is 0 Å². The van der Waals surface area contributed by atoms with Crippen LogP contribution in [0.5, 0.6) is 11.5 Å². The van der Waals surface area contributed by atoms with Crippen molar-refractivity contribution in [3.63, 3.8) is 0 Å². The van der Waals surface area contributed by atoms with Gasteiger partial charge in [-0.05, 0) is 55.7 Å². The number of fused-ring (bicyclic) bond motifs is 1. The molecule has 0 bridgehead atoms. The van der Waals surface area contributed by atoms with Gasteiger partial charge in [0.2, 0.25) is 0 Å². The summed E-state index contributed by atoms with van der Waals surface area (Å²) in [6.45, 7) is 6.07. The number of amides is 2. The van der Waals surface area contributed by atoms with E-state index in [0.717, 1.165) is 11.1 Å².